The molecule has 1 aromatic heterocycles. The molecule has 0 aromatic carbocycles. The van der Waals surface area contributed by atoms with Gasteiger partial charge >= 0.3 is 6.09 Å². The van der Waals surface area contributed by atoms with Crippen molar-refractivity contribution in [1.29, 1.82) is 0 Å². The van der Waals surface area contributed by atoms with Gasteiger partial charge < -0.3 is 19.5 Å². The average molecular weight is 354 g/mol. The Bertz CT molecular complexity index is 641. The molecular weight excluding hydrogens is 332 g/mol. The molecule has 0 spiro atoms. The van der Waals surface area contributed by atoms with Crippen LogP contribution >= 0.6 is 11.8 Å². The smallest absolute Gasteiger partial charge is 0.409 e. The molecule has 24 heavy (non-hydrogen) atoms. The molecule has 1 N–H and O–H groups in total. The fraction of sp³-hybridized carbons (Fsp3) is 0.600. The number of carbonyl (C=O) groups is 2. The molecule has 2 heterocycles. The highest BCUT2D eigenvalue weighted by molar-refractivity contribution is 7.99. The Balaban J connectivity index is 1.83. The molecule has 1 saturated heterocycles. The number of aromatic nitrogens is 2. The van der Waals surface area contributed by atoms with E-state index < -0.39 is 0 Å². The first kappa shape index (κ1) is 18.3. The lowest BCUT2D eigenvalue weighted by Crippen LogP contribution is -2.51. The largest absolute Gasteiger partial charge is 0.450 e. The van der Waals surface area contributed by atoms with Gasteiger partial charge in [-0.1, -0.05) is 18.7 Å². The number of thioether (sulfide) groups is 1. The lowest BCUT2D eigenvalue weighted by atomic mass is 10.3. The van der Waals surface area contributed by atoms with E-state index in [0.29, 0.717) is 50.1 Å². The number of piperazine rings is 1. The van der Waals surface area contributed by atoms with E-state index in [9.17, 15) is 14.4 Å². The first-order chi connectivity index (χ1) is 11.5. The van der Waals surface area contributed by atoms with Crippen molar-refractivity contribution in [2.24, 2.45) is 0 Å². The molecule has 0 unspecified atom stereocenters. The van der Waals surface area contributed by atoms with Crippen LogP contribution in [0, 0.1) is 0 Å². The van der Waals surface area contributed by atoms with Crippen LogP contribution < -0.4 is 5.56 Å². The molecule has 132 valence electrons. The molecule has 0 aliphatic carbocycles. The number of aryl methyl sites for hydroxylation is 1. The average Bonchev–Trinajstić information content (AvgIpc) is 2.59. The Hall–Kier alpha value is -2.03. The van der Waals surface area contributed by atoms with Gasteiger partial charge in [0.2, 0.25) is 5.91 Å². The van der Waals surface area contributed by atoms with Gasteiger partial charge in [-0.15, -0.1) is 0 Å². The van der Waals surface area contributed by atoms with Gasteiger partial charge in [0.05, 0.1) is 12.4 Å². The van der Waals surface area contributed by atoms with Crippen LogP contribution in [0.1, 0.15) is 19.5 Å². The summed E-state index contributed by atoms with van der Waals surface area (Å²) in [6.07, 6.45) is 0.332. The predicted molar refractivity (Wildman–Crippen MR) is 90.1 cm³/mol. The number of hydrogen-bond acceptors (Lipinski definition) is 6. The molecule has 2 amide bonds. The predicted octanol–water partition coefficient (Wildman–Crippen LogP) is 0.725. The molecule has 0 bridgehead atoms. The van der Waals surface area contributed by atoms with Crippen LogP contribution in [-0.4, -0.2) is 70.3 Å². The highest BCUT2D eigenvalue weighted by atomic mass is 32.2. The number of nitrogens with zero attached hydrogens (tertiary/aromatic N) is 3. The quantitative estimate of drug-likeness (QED) is 0.618. The molecule has 0 radical (unpaired) electrons. The summed E-state index contributed by atoms with van der Waals surface area (Å²) in [6.45, 7) is 5.93. The number of carbonyl (C=O) groups excluding carboxylic acids is 2. The second-order valence-electron chi connectivity index (χ2n) is 5.25. The van der Waals surface area contributed by atoms with Gasteiger partial charge in [-0.25, -0.2) is 9.78 Å². The zero-order chi connectivity index (χ0) is 17.5. The fourth-order valence-electron chi connectivity index (χ4n) is 2.31. The first-order valence-corrected chi connectivity index (χ1v) is 8.94. The molecule has 0 atom stereocenters. The second kappa shape index (κ2) is 8.72. The third kappa shape index (κ3) is 4.98. The number of nitrogens with one attached hydrogen (secondary N) is 1. The molecule has 1 aliphatic rings. The molecule has 0 saturated carbocycles. The molecule has 9 heteroatoms. The Labute approximate surface area is 144 Å². The van der Waals surface area contributed by atoms with Crippen LogP contribution in [0.2, 0.25) is 0 Å². The Morgan fingerprint density at radius 1 is 1.25 bits per heavy atom. The van der Waals surface area contributed by atoms with Crippen molar-refractivity contribution in [3.05, 3.63) is 22.1 Å². The third-order valence-electron chi connectivity index (χ3n) is 3.63. The maximum absolute atomic E-state index is 12.3. The molecule has 8 nitrogen and oxygen atoms in total. The van der Waals surface area contributed by atoms with E-state index in [4.69, 9.17) is 4.74 Å². The van der Waals surface area contributed by atoms with Crippen molar-refractivity contribution < 1.29 is 14.3 Å². The van der Waals surface area contributed by atoms with E-state index in [-0.39, 0.29) is 23.3 Å². The third-order valence-corrected chi connectivity index (χ3v) is 4.48. The van der Waals surface area contributed by atoms with Gasteiger partial charge in [0.1, 0.15) is 0 Å². The summed E-state index contributed by atoms with van der Waals surface area (Å²) >= 11 is 1.22. The van der Waals surface area contributed by atoms with Crippen LogP contribution in [0.25, 0.3) is 0 Å². The number of aromatic amines is 1. The van der Waals surface area contributed by atoms with E-state index in [1.54, 1.807) is 16.7 Å². The van der Waals surface area contributed by atoms with E-state index in [1.165, 1.54) is 17.8 Å². The van der Waals surface area contributed by atoms with Gasteiger partial charge in [0.15, 0.2) is 5.16 Å². The second-order valence-corrected chi connectivity index (χ2v) is 6.21. The number of H-pyrrole nitrogens is 1. The monoisotopic (exact) mass is 354 g/mol. The molecule has 2 rings (SSSR count). The van der Waals surface area contributed by atoms with Gasteiger partial charge in [0.25, 0.3) is 5.56 Å². The zero-order valence-electron chi connectivity index (χ0n) is 13.9. The van der Waals surface area contributed by atoms with Gasteiger partial charge in [-0.2, -0.15) is 0 Å². The molecule has 1 fully saturated rings. The summed E-state index contributed by atoms with van der Waals surface area (Å²) in [5, 5.41) is 0.456. The van der Waals surface area contributed by atoms with Gasteiger partial charge in [-0.05, 0) is 13.3 Å². The minimum Gasteiger partial charge on any atom is -0.450 e. The van der Waals surface area contributed by atoms with Crippen LogP contribution in [-0.2, 0) is 16.0 Å². The van der Waals surface area contributed by atoms with Crippen molar-refractivity contribution in [3.8, 4) is 0 Å². The maximum Gasteiger partial charge on any atom is 0.409 e. The molecular formula is C15H22N4O4S. The Morgan fingerprint density at radius 2 is 1.92 bits per heavy atom. The van der Waals surface area contributed by atoms with Crippen molar-refractivity contribution in [3.63, 3.8) is 0 Å². The lowest BCUT2D eigenvalue weighted by molar-refractivity contribution is -0.129. The maximum atomic E-state index is 12.3. The number of hydrogen-bond donors (Lipinski definition) is 1. The minimum absolute atomic E-state index is 0.0342. The van der Waals surface area contributed by atoms with E-state index >= 15 is 0 Å². The molecule has 1 aliphatic heterocycles. The SMILES string of the molecule is CCOC(=O)N1CCN(C(=O)CSc2nc(CC)cc(=O)[nH]2)CC1. The Kier molecular flexibility index (Phi) is 6.65. The van der Waals surface area contributed by atoms with Crippen LogP contribution in [0.4, 0.5) is 4.79 Å². The van der Waals surface area contributed by atoms with Crippen molar-refractivity contribution in [2.45, 2.75) is 25.4 Å². The minimum atomic E-state index is -0.336. The summed E-state index contributed by atoms with van der Waals surface area (Å²) < 4.78 is 4.95. The van der Waals surface area contributed by atoms with E-state index in [0.717, 1.165) is 0 Å². The van der Waals surface area contributed by atoms with Crippen molar-refractivity contribution in [2.75, 3.05) is 38.5 Å². The summed E-state index contributed by atoms with van der Waals surface area (Å²) in [6, 6.07) is 1.46. The van der Waals surface area contributed by atoms with Crippen molar-refractivity contribution in [1.82, 2.24) is 19.8 Å². The Morgan fingerprint density at radius 3 is 2.54 bits per heavy atom. The number of ether oxygens (including phenoxy) is 1. The highest BCUT2D eigenvalue weighted by Gasteiger charge is 2.24. The van der Waals surface area contributed by atoms with Crippen molar-refractivity contribution >= 4 is 23.8 Å². The van der Waals surface area contributed by atoms with Crippen LogP contribution in [0.15, 0.2) is 16.0 Å². The number of amides is 2. The fourth-order valence-corrected chi connectivity index (χ4v) is 3.10. The highest BCUT2D eigenvalue weighted by Crippen LogP contribution is 2.13. The summed E-state index contributed by atoms with van der Waals surface area (Å²) in [4.78, 5) is 45.7. The van der Waals surface area contributed by atoms with Crippen LogP contribution in [0.5, 0.6) is 0 Å². The summed E-state index contributed by atoms with van der Waals surface area (Å²) in [5.41, 5.74) is 0.497. The topological polar surface area (TPSA) is 95.6 Å². The lowest BCUT2D eigenvalue weighted by Gasteiger charge is -2.34. The first-order valence-electron chi connectivity index (χ1n) is 7.96. The molecule has 1 aromatic rings. The number of rotatable bonds is 5. The van der Waals surface area contributed by atoms with E-state index in [1.807, 2.05) is 6.92 Å². The van der Waals surface area contributed by atoms with E-state index in [2.05, 4.69) is 9.97 Å². The zero-order valence-corrected chi connectivity index (χ0v) is 14.7. The standard InChI is InChI=1S/C15H22N4O4S/c1-3-11-9-12(20)17-14(16-11)24-10-13(21)18-5-7-19(8-6-18)15(22)23-4-2/h9H,3-8,10H2,1-2H3,(H,16,17,20). The van der Waals surface area contributed by atoms with Gasteiger partial charge in [-0.3, -0.25) is 9.59 Å². The van der Waals surface area contributed by atoms with Gasteiger partial charge in [0, 0.05) is 37.9 Å². The summed E-state index contributed by atoms with van der Waals surface area (Å²) in [5.74, 6) is 0.170. The summed E-state index contributed by atoms with van der Waals surface area (Å²) in [7, 11) is 0. The normalized spacial score (nSPS) is 14.6. The van der Waals surface area contributed by atoms with Crippen LogP contribution in [0.3, 0.4) is 0 Å².